The van der Waals surface area contributed by atoms with Crippen molar-refractivity contribution in [1.82, 2.24) is 5.32 Å². The zero-order chi connectivity index (χ0) is 17.5. The number of nitrogens with two attached hydrogens (primary N) is 1. The topological polar surface area (TPSA) is 89.3 Å². The molecule has 0 bridgehead atoms. The Morgan fingerprint density at radius 2 is 1.79 bits per heavy atom. The van der Waals surface area contributed by atoms with E-state index in [0.29, 0.717) is 12.8 Å². The Kier molecular flexibility index (Phi) is 3.93. The van der Waals surface area contributed by atoms with Gasteiger partial charge in [0.1, 0.15) is 5.82 Å². The molecule has 1 fully saturated rings. The normalized spacial score (nSPS) is 15.8. The summed E-state index contributed by atoms with van der Waals surface area (Å²) in [6.07, 6.45) is 1.42. The molecule has 1 saturated carbocycles. The number of aryl methyl sites for hydroxylation is 1. The fraction of sp³-hybridized carbons (Fsp3) is 0.235. The number of rotatable bonds is 4. The largest absolute Gasteiger partial charge is 0.342 e. The lowest BCUT2D eigenvalue weighted by Gasteiger charge is -2.19. The molecule has 5 nitrogen and oxygen atoms in total. The Bertz CT molecular complexity index is 904. The Morgan fingerprint density at radius 1 is 1.17 bits per heavy atom. The van der Waals surface area contributed by atoms with Crippen LogP contribution in [0.25, 0.3) is 0 Å². The van der Waals surface area contributed by atoms with Gasteiger partial charge in [-0.2, -0.15) is 0 Å². The van der Waals surface area contributed by atoms with Crippen molar-refractivity contribution in [2.24, 2.45) is 5.14 Å². The van der Waals surface area contributed by atoms with Gasteiger partial charge in [0.15, 0.2) is 0 Å². The van der Waals surface area contributed by atoms with E-state index < -0.39 is 21.5 Å². The molecule has 1 aliphatic rings. The fourth-order valence-corrected chi connectivity index (χ4v) is 3.45. The van der Waals surface area contributed by atoms with E-state index in [-0.39, 0.29) is 16.3 Å². The van der Waals surface area contributed by atoms with Crippen LogP contribution in [-0.2, 0) is 15.6 Å². The van der Waals surface area contributed by atoms with Crippen LogP contribution in [0.5, 0.6) is 0 Å². The molecule has 0 saturated heterocycles. The molecule has 2 aromatic rings. The van der Waals surface area contributed by atoms with Gasteiger partial charge in [0.25, 0.3) is 5.91 Å². The number of halogens is 1. The highest BCUT2D eigenvalue weighted by atomic mass is 32.2. The van der Waals surface area contributed by atoms with E-state index in [1.165, 1.54) is 24.3 Å². The zero-order valence-corrected chi connectivity index (χ0v) is 13.9. The smallest absolute Gasteiger partial charge is 0.253 e. The highest BCUT2D eigenvalue weighted by Gasteiger charge is 2.46. The van der Waals surface area contributed by atoms with Crippen molar-refractivity contribution in [3.8, 4) is 0 Å². The Labute approximate surface area is 139 Å². The first kappa shape index (κ1) is 16.6. The van der Waals surface area contributed by atoms with Crippen molar-refractivity contribution in [2.75, 3.05) is 0 Å². The number of nitrogens with one attached hydrogen (secondary N) is 1. The minimum absolute atomic E-state index is 0.0193. The molecule has 0 aromatic heterocycles. The number of carbonyl (C=O) groups excluding carboxylic acids is 1. The summed E-state index contributed by atoms with van der Waals surface area (Å²) in [6, 6.07) is 10.3. The van der Waals surface area contributed by atoms with Gasteiger partial charge >= 0.3 is 0 Å². The molecular formula is C17H17FN2O3S. The molecule has 1 aliphatic carbocycles. The van der Waals surface area contributed by atoms with Crippen molar-refractivity contribution in [2.45, 2.75) is 30.2 Å². The first-order valence-electron chi connectivity index (χ1n) is 7.43. The highest BCUT2D eigenvalue weighted by Crippen LogP contribution is 2.45. The standard InChI is InChI=1S/C17H17FN2O3S/c1-11-2-7-15(24(19,22)23)14(10-11)16(21)20-17(8-9-17)12-3-5-13(18)6-4-12/h2-7,10H,8-9H2,1H3,(H,20,21)(H2,19,22,23). The minimum Gasteiger partial charge on any atom is -0.342 e. The summed E-state index contributed by atoms with van der Waals surface area (Å²) in [5, 5.41) is 8.08. The molecule has 1 amide bonds. The van der Waals surface area contributed by atoms with Gasteiger partial charge in [0.05, 0.1) is 16.0 Å². The average molecular weight is 348 g/mol. The lowest BCUT2D eigenvalue weighted by Crippen LogP contribution is -2.36. The average Bonchev–Trinajstić information content (AvgIpc) is 3.27. The summed E-state index contributed by atoms with van der Waals surface area (Å²) >= 11 is 0. The van der Waals surface area contributed by atoms with Crippen LogP contribution in [0.2, 0.25) is 0 Å². The van der Waals surface area contributed by atoms with Gasteiger partial charge in [-0.05, 0) is 49.6 Å². The number of hydrogen-bond donors (Lipinski definition) is 2. The predicted molar refractivity (Wildman–Crippen MR) is 87.3 cm³/mol. The van der Waals surface area contributed by atoms with Crippen molar-refractivity contribution in [3.05, 3.63) is 65.0 Å². The lowest BCUT2D eigenvalue weighted by molar-refractivity contribution is 0.0927. The van der Waals surface area contributed by atoms with Crippen LogP contribution in [0.3, 0.4) is 0 Å². The zero-order valence-electron chi connectivity index (χ0n) is 13.0. The van der Waals surface area contributed by atoms with Crippen molar-refractivity contribution < 1.29 is 17.6 Å². The first-order valence-corrected chi connectivity index (χ1v) is 8.98. The first-order chi connectivity index (χ1) is 11.2. The van der Waals surface area contributed by atoms with E-state index in [0.717, 1.165) is 11.1 Å². The maximum Gasteiger partial charge on any atom is 0.253 e. The molecule has 3 rings (SSSR count). The number of carbonyl (C=O) groups is 1. The molecule has 0 radical (unpaired) electrons. The van der Waals surface area contributed by atoms with Crippen LogP contribution in [0.4, 0.5) is 4.39 Å². The molecular weight excluding hydrogens is 331 g/mol. The SMILES string of the molecule is Cc1ccc(S(N)(=O)=O)c(C(=O)NC2(c3ccc(F)cc3)CC2)c1. The molecule has 0 spiro atoms. The maximum absolute atomic E-state index is 13.1. The van der Waals surface area contributed by atoms with E-state index in [1.807, 2.05) is 0 Å². The maximum atomic E-state index is 13.1. The van der Waals surface area contributed by atoms with Gasteiger partial charge in [-0.15, -0.1) is 0 Å². The molecule has 0 heterocycles. The van der Waals surface area contributed by atoms with Gasteiger partial charge in [0.2, 0.25) is 10.0 Å². The Hall–Kier alpha value is -2.25. The number of amides is 1. The number of primary sulfonamides is 1. The summed E-state index contributed by atoms with van der Waals surface area (Å²) in [5.41, 5.74) is 0.983. The third kappa shape index (κ3) is 3.18. The monoisotopic (exact) mass is 348 g/mol. The summed E-state index contributed by atoms with van der Waals surface area (Å²) in [6.45, 7) is 1.76. The second-order valence-electron chi connectivity index (χ2n) is 6.09. The van der Waals surface area contributed by atoms with Crippen LogP contribution in [0, 0.1) is 12.7 Å². The molecule has 24 heavy (non-hydrogen) atoms. The Morgan fingerprint density at radius 3 is 2.33 bits per heavy atom. The lowest BCUT2D eigenvalue weighted by atomic mass is 10.0. The molecule has 7 heteroatoms. The van der Waals surface area contributed by atoms with Gasteiger partial charge in [0, 0.05) is 0 Å². The second kappa shape index (κ2) is 5.68. The summed E-state index contributed by atoms with van der Waals surface area (Å²) < 4.78 is 36.5. The number of benzene rings is 2. The molecule has 0 atom stereocenters. The van der Waals surface area contributed by atoms with Gasteiger partial charge in [-0.3, -0.25) is 4.79 Å². The van der Waals surface area contributed by atoms with Crippen LogP contribution >= 0.6 is 0 Å². The van der Waals surface area contributed by atoms with E-state index >= 15 is 0 Å². The third-order valence-corrected chi connectivity index (χ3v) is 5.15. The van der Waals surface area contributed by atoms with Crippen LogP contribution in [0.15, 0.2) is 47.4 Å². The summed E-state index contributed by atoms with van der Waals surface area (Å²) in [5.74, 6) is -0.861. The minimum atomic E-state index is -4.01. The quantitative estimate of drug-likeness (QED) is 0.888. The molecule has 126 valence electrons. The van der Waals surface area contributed by atoms with Crippen LogP contribution in [-0.4, -0.2) is 14.3 Å². The van der Waals surface area contributed by atoms with Gasteiger partial charge < -0.3 is 5.32 Å². The fourth-order valence-electron chi connectivity index (χ4n) is 2.73. The predicted octanol–water partition coefficient (Wildman–Crippen LogP) is 2.20. The van der Waals surface area contributed by atoms with Crippen LogP contribution < -0.4 is 10.5 Å². The third-order valence-electron chi connectivity index (χ3n) is 4.19. The molecule has 0 aliphatic heterocycles. The summed E-state index contributed by atoms with van der Waals surface area (Å²) in [7, 11) is -4.01. The van der Waals surface area contributed by atoms with Crippen molar-refractivity contribution in [1.29, 1.82) is 0 Å². The van der Waals surface area contributed by atoms with E-state index in [1.54, 1.807) is 25.1 Å². The van der Waals surface area contributed by atoms with Gasteiger partial charge in [-0.25, -0.2) is 17.9 Å². The summed E-state index contributed by atoms with van der Waals surface area (Å²) in [4.78, 5) is 12.4. The van der Waals surface area contributed by atoms with E-state index in [4.69, 9.17) is 5.14 Å². The molecule has 2 aromatic carbocycles. The van der Waals surface area contributed by atoms with E-state index in [9.17, 15) is 17.6 Å². The second-order valence-corrected chi connectivity index (χ2v) is 7.62. The van der Waals surface area contributed by atoms with Crippen molar-refractivity contribution in [3.63, 3.8) is 0 Å². The molecule has 0 unspecified atom stereocenters. The van der Waals surface area contributed by atoms with Gasteiger partial charge in [-0.1, -0.05) is 23.8 Å². The van der Waals surface area contributed by atoms with Crippen LogP contribution in [0.1, 0.15) is 34.3 Å². The van der Waals surface area contributed by atoms with Crippen molar-refractivity contribution >= 4 is 15.9 Å². The Balaban J connectivity index is 1.94. The highest BCUT2D eigenvalue weighted by molar-refractivity contribution is 7.89. The number of hydrogen-bond acceptors (Lipinski definition) is 3. The molecule has 3 N–H and O–H groups in total. The van der Waals surface area contributed by atoms with E-state index in [2.05, 4.69) is 5.32 Å². The number of sulfonamides is 1.